The number of hydrogen-bond donors (Lipinski definition) is 0. The topological polar surface area (TPSA) is 12.4 Å². The predicted octanol–water partition coefficient (Wildman–Crippen LogP) is 4.32. The van der Waals surface area contributed by atoms with Crippen LogP contribution in [0.25, 0.3) is 0 Å². The average molecular weight is 235 g/mol. The number of benzene rings is 2. The summed E-state index contributed by atoms with van der Waals surface area (Å²) in [6.07, 6.45) is 6.97. The van der Waals surface area contributed by atoms with Crippen LogP contribution in [0, 0.1) is 0 Å². The van der Waals surface area contributed by atoms with Crippen LogP contribution in [-0.2, 0) is 12.8 Å². The molecule has 1 aliphatic carbocycles. The maximum Gasteiger partial charge on any atom is 0.0664 e. The quantitative estimate of drug-likeness (QED) is 0.687. The van der Waals surface area contributed by atoms with Crippen LogP contribution < -0.4 is 0 Å². The highest BCUT2D eigenvalue weighted by atomic mass is 14.7. The van der Waals surface area contributed by atoms with Gasteiger partial charge in [-0.25, -0.2) is 0 Å². The molecule has 0 unspecified atom stereocenters. The Kier molecular flexibility index (Phi) is 3.22. The molecule has 0 aliphatic heterocycles. The molecule has 1 heteroatoms. The summed E-state index contributed by atoms with van der Waals surface area (Å²) in [5.41, 5.74) is 5.25. The van der Waals surface area contributed by atoms with E-state index in [0.29, 0.717) is 0 Å². The second-order valence-corrected chi connectivity index (χ2v) is 4.79. The predicted molar refractivity (Wildman–Crippen MR) is 76.8 cm³/mol. The van der Waals surface area contributed by atoms with Crippen molar-refractivity contribution in [2.45, 2.75) is 25.7 Å². The van der Waals surface area contributed by atoms with Crippen LogP contribution >= 0.6 is 0 Å². The van der Waals surface area contributed by atoms with Gasteiger partial charge in [-0.1, -0.05) is 42.5 Å². The largest absolute Gasteiger partial charge is 0.256 e. The zero-order valence-corrected chi connectivity index (χ0v) is 10.5. The van der Waals surface area contributed by atoms with E-state index in [9.17, 15) is 0 Å². The van der Waals surface area contributed by atoms with Gasteiger partial charge < -0.3 is 0 Å². The van der Waals surface area contributed by atoms with Crippen LogP contribution in [0.1, 0.15) is 29.5 Å². The zero-order valence-electron chi connectivity index (χ0n) is 10.5. The molecule has 0 amide bonds. The Morgan fingerprint density at radius 3 is 2.56 bits per heavy atom. The Morgan fingerprint density at radius 2 is 1.67 bits per heavy atom. The van der Waals surface area contributed by atoms with E-state index in [2.05, 4.69) is 35.3 Å². The molecule has 0 spiro atoms. The summed E-state index contributed by atoms with van der Waals surface area (Å²) >= 11 is 0. The van der Waals surface area contributed by atoms with Gasteiger partial charge in [0.05, 0.1) is 5.69 Å². The molecule has 0 aromatic heterocycles. The second-order valence-electron chi connectivity index (χ2n) is 4.79. The Balaban J connectivity index is 1.91. The van der Waals surface area contributed by atoms with Crippen LogP contribution in [0.4, 0.5) is 5.69 Å². The lowest BCUT2D eigenvalue weighted by Gasteiger charge is -2.16. The molecule has 0 saturated carbocycles. The molecule has 0 bridgehead atoms. The number of rotatable bonds is 2. The van der Waals surface area contributed by atoms with Crippen molar-refractivity contribution in [1.82, 2.24) is 0 Å². The summed E-state index contributed by atoms with van der Waals surface area (Å²) in [6.45, 7) is 0. The Morgan fingerprint density at radius 1 is 0.833 bits per heavy atom. The minimum atomic E-state index is 1.15. The molecular weight excluding hydrogens is 218 g/mol. The van der Waals surface area contributed by atoms with Crippen LogP contribution in [0.2, 0.25) is 0 Å². The fourth-order valence-corrected chi connectivity index (χ4v) is 2.57. The number of aliphatic imine (C=N–C) groups is 1. The second kappa shape index (κ2) is 5.18. The Hall–Kier alpha value is -1.89. The zero-order chi connectivity index (χ0) is 12.2. The minimum absolute atomic E-state index is 1.15. The van der Waals surface area contributed by atoms with Gasteiger partial charge in [-0.3, -0.25) is 4.99 Å². The van der Waals surface area contributed by atoms with Gasteiger partial charge in [-0.2, -0.15) is 0 Å². The molecule has 2 aromatic carbocycles. The van der Waals surface area contributed by atoms with E-state index in [-0.39, 0.29) is 0 Å². The van der Waals surface area contributed by atoms with Crippen molar-refractivity contribution in [3.8, 4) is 0 Å². The summed E-state index contributed by atoms with van der Waals surface area (Å²) in [4.78, 5) is 4.66. The molecule has 1 nitrogen and oxygen atoms in total. The first kappa shape index (κ1) is 11.2. The molecular formula is C17H17N. The molecule has 3 rings (SSSR count). The average Bonchev–Trinajstić information content (AvgIpc) is 2.46. The van der Waals surface area contributed by atoms with Crippen LogP contribution in [0.3, 0.4) is 0 Å². The third kappa shape index (κ3) is 2.35. The molecule has 0 heterocycles. The number of fused-ring (bicyclic) bond motifs is 1. The van der Waals surface area contributed by atoms with Crippen LogP contribution in [0.5, 0.6) is 0 Å². The van der Waals surface area contributed by atoms with E-state index in [0.717, 1.165) is 11.3 Å². The van der Waals surface area contributed by atoms with Gasteiger partial charge in [-0.15, -0.1) is 0 Å². The van der Waals surface area contributed by atoms with Gasteiger partial charge in [-0.05, 0) is 48.4 Å². The lowest BCUT2D eigenvalue weighted by molar-refractivity contribution is 0.686. The molecule has 0 N–H and O–H groups in total. The maximum atomic E-state index is 4.66. The molecule has 0 radical (unpaired) electrons. The monoisotopic (exact) mass is 235 g/mol. The molecule has 1 aliphatic rings. The molecule has 18 heavy (non-hydrogen) atoms. The van der Waals surface area contributed by atoms with Crippen molar-refractivity contribution in [2.24, 2.45) is 4.99 Å². The highest BCUT2D eigenvalue weighted by molar-refractivity contribution is 5.82. The lowest BCUT2D eigenvalue weighted by atomic mass is 9.90. The molecule has 0 saturated heterocycles. The fraction of sp³-hybridized carbons (Fsp3) is 0.235. The first-order valence-electron chi connectivity index (χ1n) is 6.63. The van der Waals surface area contributed by atoms with Gasteiger partial charge in [0.15, 0.2) is 0 Å². The highest BCUT2D eigenvalue weighted by Crippen LogP contribution is 2.29. The first-order valence-corrected chi connectivity index (χ1v) is 6.63. The number of aryl methyl sites for hydroxylation is 1. The maximum absolute atomic E-state index is 4.66. The van der Waals surface area contributed by atoms with E-state index in [1.54, 1.807) is 0 Å². The summed E-state index contributed by atoms with van der Waals surface area (Å²) < 4.78 is 0. The third-order valence-electron chi connectivity index (χ3n) is 3.52. The van der Waals surface area contributed by atoms with E-state index in [4.69, 9.17) is 0 Å². The van der Waals surface area contributed by atoms with E-state index < -0.39 is 0 Å². The SMILES string of the molecule is C(=Nc1cccc2c1CCCC2)c1ccccc1. The number of nitrogens with zero attached hydrogens (tertiary/aromatic N) is 1. The van der Waals surface area contributed by atoms with Gasteiger partial charge >= 0.3 is 0 Å². The van der Waals surface area contributed by atoms with Crippen LogP contribution in [-0.4, -0.2) is 6.21 Å². The number of hydrogen-bond acceptors (Lipinski definition) is 1. The Bertz CT molecular complexity index is 555. The summed E-state index contributed by atoms with van der Waals surface area (Å²) in [7, 11) is 0. The molecule has 0 atom stereocenters. The van der Waals surface area contributed by atoms with E-state index >= 15 is 0 Å². The molecule has 90 valence electrons. The van der Waals surface area contributed by atoms with E-state index in [1.165, 1.54) is 36.8 Å². The summed E-state index contributed by atoms with van der Waals surface area (Å²) in [5.74, 6) is 0. The normalized spacial score (nSPS) is 14.7. The fourth-order valence-electron chi connectivity index (χ4n) is 2.57. The van der Waals surface area contributed by atoms with Crippen LogP contribution in [0.15, 0.2) is 53.5 Å². The highest BCUT2D eigenvalue weighted by Gasteiger charge is 2.11. The van der Waals surface area contributed by atoms with Crippen molar-refractivity contribution in [1.29, 1.82) is 0 Å². The van der Waals surface area contributed by atoms with Gasteiger partial charge in [0.1, 0.15) is 0 Å². The Labute approximate surface area is 108 Å². The molecule has 2 aromatic rings. The van der Waals surface area contributed by atoms with Gasteiger partial charge in [0.25, 0.3) is 0 Å². The standard InChI is InChI=1S/C17H17N/c1-2-7-14(8-3-1)13-18-17-12-6-10-15-9-4-5-11-16(15)17/h1-3,6-8,10,12-13H,4-5,9,11H2. The summed E-state index contributed by atoms with van der Waals surface area (Å²) in [6, 6.07) is 16.8. The van der Waals surface area contributed by atoms with Crippen molar-refractivity contribution in [3.05, 3.63) is 65.2 Å². The van der Waals surface area contributed by atoms with Gasteiger partial charge in [0.2, 0.25) is 0 Å². The third-order valence-corrected chi connectivity index (χ3v) is 3.52. The van der Waals surface area contributed by atoms with Crippen molar-refractivity contribution in [3.63, 3.8) is 0 Å². The first-order chi connectivity index (χ1) is 8.93. The minimum Gasteiger partial charge on any atom is -0.256 e. The lowest BCUT2D eigenvalue weighted by Crippen LogP contribution is -2.02. The smallest absolute Gasteiger partial charge is 0.0664 e. The van der Waals surface area contributed by atoms with E-state index in [1.807, 2.05) is 24.4 Å². The molecule has 0 fully saturated rings. The van der Waals surface area contributed by atoms with Gasteiger partial charge in [0, 0.05) is 6.21 Å². The van der Waals surface area contributed by atoms with Crippen molar-refractivity contribution < 1.29 is 0 Å². The summed E-state index contributed by atoms with van der Waals surface area (Å²) in [5, 5.41) is 0. The van der Waals surface area contributed by atoms with Crippen molar-refractivity contribution >= 4 is 11.9 Å². The van der Waals surface area contributed by atoms with Crippen molar-refractivity contribution in [2.75, 3.05) is 0 Å².